The van der Waals surface area contributed by atoms with E-state index in [0.717, 1.165) is 6.54 Å². The second-order valence-corrected chi connectivity index (χ2v) is 6.50. The van der Waals surface area contributed by atoms with Gasteiger partial charge < -0.3 is 14.8 Å². The number of halogens is 1. The number of piperazine rings is 1. The van der Waals surface area contributed by atoms with E-state index in [0.29, 0.717) is 52.3 Å². The summed E-state index contributed by atoms with van der Waals surface area (Å²) in [7, 11) is 0. The van der Waals surface area contributed by atoms with Crippen LogP contribution in [0.2, 0.25) is 12.6 Å². The van der Waals surface area contributed by atoms with Gasteiger partial charge in [0.15, 0.2) is 0 Å². The third-order valence-electron chi connectivity index (χ3n) is 4.71. The molecule has 4 rings (SSSR count). The zero-order chi connectivity index (χ0) is 22.1. The molecule has 1 N–H and O–H groups in total. The monoisotopic (exact) mass is 442 g/mol. The maximum absolute atomic E-state index is 11.6. The molecular formula is C16H24BClN6O6. The van der Waals surface area contributed by atoms with E-state index in [1.807, 2.05) is 0 Å². The Balaban J connectivity index is 0.000000199. The zero-order valence-electron chi connectivity index (χ0n) is 16.7. The van der Waals surface area contributed by atoms with Crippen LogP contribution in [0.4, 0.5) is 9.59 Å². The predicted octanol–water partition coefficient (Wildman–Crippen LogP) is -0.606. The second kappa shape index (κ2) is 11.5. The maximum atomic E-state index is 11.6. The molecule has 4 amide bonds. The lowest BCUT2D eigenvalue weighted by Gasteiger charge is -2.33. The van der Waals surface area contributed by atoms with E-state index in [1.54, 1.807) is 0 Å². The van der Waals surface area contributed by atoms with Crippen molar-refractivity contribution in [2.24, 2.45) is 0 Å². The number of nitriles is 1. The molecule has 4 aliphatic rings. The van der Waals surface area contributed by atoms with Crippen molar-refractivity contribution >= 4 is 42.3 Å². The number of hydrogen-bond donors (Lipinski definition) is 1. The highest BCUT2D eigenvalue weighted by molar-refractivity contribution is 6.70. The summed E-state index contributed by atoms with van der Waals surface area (Å²) in [6.45, 7) is 3.35. The number of amides is 4. The largest absolute Gasteiger partial charge is 0.446 e. The van der Waals surface area contributed by atoms with Gasteiger partial charge in [-0.05, 0) is 6.32 Å². The topological polar surface area (TPSA) is 136 Å². The molecule has 0 aliphatic carbocycles. The fraction of sp³-hybridized carbons (Fsp3) is 0.688. The Morgan fingerprint density at radius 1 is 0.900 bits per heavy atom. The minimum Gasteiger partial charge on any atom is -0.446 e. The Morgan fingerprint density at radius 2 is 1.47 bits per heavy atom. The van der Waals surface area contributed by atoms with Gasteiger partial charge in [-0.2, -0.15) is 0 Å². The normalized spacial score (nSPS) is 21.3. The highest BCUT2D eigenvalue weighted by Gasteiger charge is 2.37. The summed E-state index contributed by atoms with van der Waals surface area (Å²) in [5.41, 5.74) is 0. The predicted molar refractivity (Wildman–Crippen MR) is 105 cm³/mol. The van der Waals surface area contributed by atoms with Crippen LogP contribution in [0.1, 0.15) is 0 Å². The average Bonchev–Trinajstić information content (AvgIpc) is 3.38. The summed E-state index contributed by atoms with van der Waals surface area (Å²) in [5.74, 6) is 1.82. The molecule has 4 saturated heterocycles. The first-order chi connectivity index (χ1) is 14.5. The molecule has 4 aliphatic heterocycles. The van der Waals surface area contributed by atoms with Crippen molar-refractivity contribution in [3.8, 4) is 5.97 Å². The van der Waals surface area contributed by atoms with Gasteiger partial charge in [0.2, 0.25) is 5.91 Å². The standard InChI is InChI=1S/C8H10BN3O3.C7H11N3O3.CH3Cl/c10-6-9-1-2-11(7(13)5-9)12-3-4-15-8(12)14;11-6-5-8-1-2-9(6)10-3-4-13-7(10)12;1-2/h1-5H2;8H,1-5H2;1H3. The summed E-state index contributed by atoms with van der Waals surface area (Å²) in [4.78, 5) is 45.3. The number of ether oxygens (including phenoxy) is 2. The summed E-state index contributed by atoms with van der Waals surface area (Å²) in [6, 6.07) is 0. The molecule has 0 aromatic carbocycles. The molecule has 0 spiro atoms. The maximum Gasteiger partial charge on any atom is 0.429 e. The van der Waals surface area contributed by atoms with Crippen molar-refractivity contribution in [3.05, 3.63) is 0 Å². The first kappa shape index (κ1) is 23.6. The van der Waals surface area contributed by atoms with Gasteiger partial charge in [0.25, 0.3) is 12.6 Å². The molecule has 4 fully saturated rings. The van der Waals surface area contributed by atoms with Crippen LogP contribution in [0.3, 0.4) is 0 Å². The Morgan fingerprint density at radius 3 is 1.90 bits per heavy atom. The van der Waals surface area contributed by atoms with E-state index in [9.17, 15) is 19.2 Å². The number of carbonyl (C=O) groups is 4. The van der Waals surface area contributed by atoms with Crippen LogP contribution in [-0.2, 0) is 19.1 Å². The van der Waals surface area contributed by atoms with Gasteiger partial charge in [0, 0.05) is 31.8 Å². The van der Waals surface area contributed by atoms with Crippen LogP contribution < -0.4 is 5.32 Å². The molecule has 14 heteroatoms. The van der Waals surface area contributed by atoms with E-state index in [1.165, 1.54) is 26.4 Å². The summed E-state index contributed by atoms with van der Waals surface area (Å²) in [6.07, 6.45) is 1.39. The smallest absolute Gasteiger partial charge is 0.429 e. The zero-order valence-corrected chi connectivity index (χ0v) is 17.5. The van der Waals surface area contributed by atoms with Crippen LogP contribution in [0.15, 0.2) is 0 Å². The van der Waals surface area contributed by atoms with Crippen molar-refractivity contribution < 1.29 is 28.7 Å². The molecule has 12 nitrogen and oxygen atoms in total. The minimum atomic E-state index is -0.473. The fourth-order valence-electron chi connectivity index (χ4n) is 3.25. The number of rotatable bonds is 2. The molecule has 0 unspecified atom stereocenters. The molecule has 0 atom stereocenters. The van der Waals surface area contributed by atoms with Crippen molar-refractivity contribution in [1.82, 2.24) is 25.4 Å². The summed E-state index contributed by atoms with van der Waals surface area (Å²) >= 11 is 4.64. The number of carbonyl (C=O) groups excluding carboxylic acids is 4. The number of cyclic esters (lactones) is 2. The van der Waals surface area contributed by atoms with Crippen molar-refractivity contribution in [2.75, 3.05) is 58.9 Å². The Bertz CT molecular complexity index is 706. The lowest BCUT2D eigenvalue weighted by atomic mass is 9.45. The molecule has 0 bridgehead atoms. The van der Waals surface area contributed by atoms with Crippen LogP contribution >= 0.6 is 11.6 Å². The van der Waals surface area contributed by atoms with Gasteiger partial charge >= 0.3 is 12.2 Å². The van der Waals surface area contributed by atoms with E-state index in [-0.39, 0.29) is 24.8 Å². The van der Waals surface area contributed by atoms with Gasteiger partial charge in [0.1, 0.15) is 13.2 Å². The fourth-order valence-corrected chi connectivity index (χ4v) is 3.25. The number of alkyl halides is 1. The van der Waals surface area contributed by atoms with Crippen molar-refractivity contribution in [3.63, 3.8) is 0 Å². The van der Waals surface area contributed by atoms with Crippen LogP contribution in [0.25, 0.3) is 0 Å². The molecule has 30 heavy (non-hydrogen) atoms. The summed E-state index contributed by atoms with van der Waals surface area (Å²) in [5, 5.41) is 17.1. The van der Waals surface area contributed by atoms with E-state index in [2.05, 4.69) is 22.9 Å². The quantitative estimate of drug-likeness (QED) is 0.442. The number of nitrogens with one attached hydrogen (secondary N) is 1. The lowest BCUT2D eigenvalue weighted by Crippen LogP contribution is -2.56. The van der Waals surface area contributed by atoms with Crippen molar-refractivity contribution in [2.45, 2.75) is 12.6 Å². The third kappa shape index (κ3) is 5.67. The summed E-state index contributed by atoms with van der Waals surface area (Å²) < 4.78 is 9.49. The third-order valence-corrected chi connectivity index (χ3v) is 4.71. The second-order valence-electron chi connectivity index (χ2n) is 6.50. The molecule has 0 aromatic rings. The molecule has 0 aromatic heterocycles. The highest BCUT2D eigenvalue weighted by Crippen LogP contribution is 2.17. The van der Waals surface area contributed by atoms with Crippen LogP contribution in [0.5, 0.6) is 0 Å². The number of hydrogen-bond acceptors (Lipinski definition) is 8. The molecule has 0 radical (unpaired) electrons. The molecule has 164 valence electrons. The Labute approximate surface area is 179 Å². The molecule has 0 saturated carbocycles. The Hall–Kier alpha value is -2.72. The van der Waals surface area contributed by atoms with E-state index in [4.69, 9.17) is 14.7 Å². The highest BCUT2D eigenvalue weighted by atomic mass is 35.5. The lowest BCUT2D eigenvalue weighted by molar-refractivity contribution is -0.144. The van der Waals surface area contributed by atoms with Gasteiger partial charge in [-0.15, -0.1) is 11.6 Å². The minimum absolute atomic E-state index is 0.0786. The van der Waals surface area contributed by atoms with Gasteiger partial charge in [-0.3, -0.25) is 9.59 Å². The average molecular weight is 443 g/mol. The number of nitrogens with zero attached hydrogens (tertiary/aromatic N) is 5. The van der Waals surface area contributed by atoms with Crippen LogP contribution in [-0.4, -0.2) is 110 Å². The van der Waals surface area contributed by atoms with Gasteiger partial charge in [-0.1, -0.05) is 0 Å². The molecular weight excluding hydrogens is 418 g/mol. The first-order valence-corrected chi connectivity index (χ1v) is 10.2. The SMILES string of the molecule is CCl.N#CB1CCN(N2CCOC2=O)C(=O)C1.O=C1CNCCN1N1CCOC1=O. The van der Waals surface area contributed by atoms with Crippen molar-refractivity contribution in [1.29, 1.82) is 5.26 Å². The van der Waals surface area contributed by atoms with E-state index >= 15 is 0 Å². The number of hydrazine groups is 2. The van der Waals surface area contributed by atoms with Crippen LogP contribution in [0, 0.1) is 11.2 Å². The van der Waals surface area contributed by atoms with E-state index < -0.39 is 12.2 Å². The molecule has 4 heterocycles. The van der Waals surface area contributed by atoms with Gasteiger partial charge in [0.05, 0.1) is 26.2 Å². The Kier molecular flexibility index (Phi) is 9.00. The first-order valence-electron chi connectivity index (χ1n) is 9.48. The van der Waals surface area contributed by atoms with Gasteiger partial charge in [-0.25, -0.2) is 34.9 Å².